The smallest absolute Gasteiger partial charge is 0.0624 e. The van der Waals surface area contributed by atoms with Crippen molar-refractivity contribution in [3.8, 4) is 0 Å². The largest absolute Gasteiger partial charge is 0.316 e. The maximum atomic E-state index is 4.56. The molecule has 21 heavy (non-hydrogen) atoms. The molecule has 3 nitrogen and oxygen atoms in total. The molecule has 0 aliphatic carbocycles. The summed E-state index contributed by atoms with van der Waals surface area (Å²) in [5.74, 6) is 0.471. The van der Waals surface area contributed by atoms with Gasteiger partial charge in [0.25, 0.3) is 0 Å². The first-order chi connectivity index (χ1) is 10.1. The summed E-state index contributed by atoms with van der Waals surface area (Å²) in [6, 6.07) is 10.9. The number of halogens is 1. The van der Waals surface area contributed by atoms with Gasteiger partial charge in [-0.25, -0.2) is 0 Å². The van der Waals surface area contributed by atoms with Crippen molar-refractivity contribution < 1.29 is 0 Å². The Labute approximate surface area is 135 Å². The molecule has 0 saturated heterocycles. The fourth-order valence-corrected chi connectivity index (χ4v) is 2.81. The molecule has 0 saturated carbocycles. The van der Waals surface area contributed by atoms with Crippen LogP contribution in [0.1, 0.15) is 36.7 Å². The molecule has 0 amide bonds. The molecule has 2 aromatic rings. The van der Waals surface area contributed by atoms with Crippen LogP contribution in [-0.4, -0.2) is 22.9 Å². The number of nitrogens with one attached hydrogen (secondary N) is 1. The fourth-order valence-electron chi connectivity index (χ4n) is 2.55. The molecule has 0 aliphatic rings. The Kier molecular flexibility index (Phi) is 6.00. The van der Waals surface area contributed by atoms with Crippen LogP contribution in [0.2, 0.25) is 0 Å². The molecule has 0 radical (unpaired) electrons. The predicted octanol–water partition coefficient (Wildman–Crippen LogP) is 3.68. The Bertz CT molecular complexity index is 560. The van der Waals surface area contributed by atoms with E-state index in [2.05, 4.69) is 70.5 Å². The fraction of sp³-hybridized carbons (Fsp3) is 0.471. The Balaban J connectivity index is 2.19. The molecule has 1 atom stereocenters. The van der Waals surface area contributed by atoms with Crippen LogP contribution in [0.3, 0.4) is 0 Å². The molecule has 0 aliphatic heterocycles. The molecule has 0 spiro atoms. The molecule has 4 heteroatoms. The van der Waals surface area contributed by atoms with E-state index < -0.39 is 0 Å². The molecule has 1 aromatic heterocycles. The number of hydrogen-bond donors (Lipinski definition) is 1. The van der Waals surface area contributed by atoms with Crippen LogP contribution in [-0.2, 0) is 19.9 Å². The van der Waals surface area contributed by atoms with Gasteiger partial charge in [-0.05, 0) is 43.1 Å². The number of likely N-dealkylation sites (N-methyl/N-ethyl adjacent to an activating group) is 1. The SMILES string of the molecule is CCNCC(Cc1cc(CC)nn1C)c1ccc(Br)cc1. The summed E-state index contributed by atoms with van der Waals surface area (Å²) in [4.78, 5) is 0. The highest BCUT2D eigenvalue weighted by atomic mass is 79.9. The highest BCUT2D eigenvalue weighted by Crippen LogP contribution is 2.23. The minimum absolute atomic E-state index is 0.471. The Morgan fingerprint density at radius 2 is 1.95 bits per heavy atom. The highest BCUT2D eigenvalue weighted by Gasteiger charge is 2.15. The first-order valence-electron chi connectivity index (χ1n) is 7.62. The van der Waals surface area contributed by atoms with Gasteiger partial charge in [0.15, 0.2) is 0 Å². The zero-order valence-corrected chi connectivity index (χ0v) is 14.7. The van der Waals surface area contributed by atoms with Crippen molar-refractivity contribution in [1.29, 1.82) is 0 Å². The number of aryl methyl sites for hydroxylation is 2. The Morgan fingerprint density at radius 3 is 2.52 bits per heavy atom. The molecule has 1 unspecified atom stereocenters. The van der Waals surface area contributed by atoms with E-state index in [0.717, 1.165) is 30.4 Å². The van der Waals surface area contributed by atoms with E-state index in [1.807, 2.05) is 11.7 Å². The van der Waals surface area contributed by atoms with Gasteiger partial charge in [0.05, 0.1) is 5.69 Å². The van der Waals surface area contributed by atoms with Crippen molar-refractivity contribution in [1.82, 2.24) is 15.1 Å². The minimum atomic E-state index is 0.471. The third-order valence-corrected chi connectivity index (χ3v) is 4.36. The summed E-state index contributed by atoms with van der Waals surface area (Å²) in [6.45, 7) is 6.29. The quantitative estimate of drug-likeness (QED) is 0.826. The van der Waals surface area contributed by atoms with Crippen molar-refractivity contribution in [2.24, 2.45) is 7.05 Å². The van der Waals surface area contributed by atoms with Gasteiger partial charge < -0.3 is 5.32 Å². The van der Waals surface area contributed by atoms with E-state index in [-0.39, 0.29) is 0 Å². The molecule has 1 heterocycles. The molecular weight excluding hydrogens is 326 g/mol. The lowest BCUT2D eigenvalue weighted by Crippen LogP contribution is -2.23. The van der Waals surface area contributed by atoms with Crippen LogP contribution in [0.5, 0.6) is 0 Å². The average Bonchev–Trinajstić information content (AvgIpc) is 2.85. The van der Waals surface area contributed by atoms with Crippen molar-refractivity contribution in [3.05, 3.63) is 51.8 Å². The van der Waals surface area contributed by atoms with Crippen LogP contribution in [0.15, 0.2) is 34.8 Å². The molecule has 0 bridgehead atoms. The number of nitrogens with zero attached hydrogens (tertiary/aromatic N) is 2. The first-order valence-corrected chi connectivity index (χ1v) is 8.41. The van der Waals surface area contributed by atoms with Gasteiger partial charge in [0.1, 0.15) is 0 Å². The van der Waals surface area contributed by atoms with E-state index in [0.29, 0.717) is 5.92 Å². The third kappa shape index (κ3) is 4.42. The van der Waals surface area contributed by atoms with Crippen LogP contribution < -0.4 is 5.32 Å². The number of hydrogen-bond acceptors (Lipinski definition) is 2. The molecule has 1 N–H and O–H groups in total. The average molecular weight is 350 g/mol. The van der Waals surface area contributed by atoms with Crippen LogP contribution in [0, 0.1) is 0 Å². The van der Waals surface area contributed by atoms with Gasteiger partial charge in [-0.1, -0.05) is 41.9 Å². The molecular formula is C17H24BrN3. The number of rotatable bonds is 7. The lowest BCUT2D eigenvalue weighted by Gasteiger charge is -2.18. The van der Waals surface area contributed by atoms with Crippen LogP contribution >= 0.6 is 15.9 Å². The summed E-state index contributed by atoms with van der Waals surface area (Å²) < 4.78 is 3.15. The van der Waals surface area contributed by atoms with E-state index in [4.69, 9.17) is 0 Å². The topological polar surface area (TPSA) is 29.9 Å². The summed E-state index contributed by atoms with van der Waals surface area (Å²) in [6.07, 6.45) is 2.00. The number of benzene rings is 1. The third-order valence-electron chi connectivity index (χ3n) is 3.83. The van der Waals surface area contributed by atoms with Gasteiger partial charge >= 0.3 is 0 Å². The van der Waals surface area contributed by atoms with E-state index in [9.17, 15) is 0 Å². The molecule has 1 aromatic carbocycles. The minimum Gasteiger partial charge on any atom is -0.316 e. The highest BCUT2D eigenvalue weighted by molar-refractivity contribution is 9.10. The lowest BCUT2D eigenvalue weighted by molar-refractivity contribution is 0.570. The monoisotopic (exact) mass is 349 g/mol. The van der Waals surface area contributed by atoms with E-state index in [1.165, 1.54) is 17.0 Å². The van der Waals surface area contributed by atoms with Crippen molar-refractivity contribution >= 4 is 15.9 Å². The lowest BCUT2D eigenvalue weighted by atomic mass is 9.94. The van der Waals surface area contributed by atoms with Crippen LogP contribution in [0.25, 0.3) is 0 Å². The van der Waals surface area contributed by atoms with Gasteiger partial charge in [-0.15, -0.1) is 0 Å². The van der Waals surface area contributed by atoms with Crippen molar-refractivity contribution in [2.45, 2.75) is 32.6 Å². The second kappa shape index (κ2) is 7.76. The summed E-state index contributed by atoms with van der Waals surface area (Å²) >= 11 is 3.51. The summed E-state index contributed by atoms with van der Waals surface area (Å²) in [5, 5.41) is 8.04. The maximum Gasteiger partial charge on any atom is 0.0624 e. The van der Waals surface area contributed by atoms with E-state index in [1.54, 1.807) is 0 Å². The number of aromatic nitrogens is 2. The Morgan fingerprint density at radius 1 is 1.24 bits per heavy atom. The zero-order chi connectivity index (χ0) is 15.2. The van der Waals surface area contributed by atoms with Crippen molar-refractivity contribution in [2.75, 3.05) is 13.1 Å². The van der Waals surface area contributed by atoms with Gasteiger partial charge in [0, 0.05) is 29.7 Å². The predicted molar refractivity (Wildman–Crippen MR) is 91.7 cm³/mol. The van der Waals surface area contributed by atoms with Gasteiger partial charge in [-0.3, -0.25) is 4.68 Å². The normalized spacial score (nSPS) is 12.6. The summed E-state index contributed by atoms with van der Waals surface area (Å²) in [7, 11) is 2.04. The van der Waals surface area contributed by atoms with Crippen molar-refractivity contribution in [3.63, 3.8) is 0 Å². The van der Waals surface area contributed by atoms with Gasteiger partial charge in [0.2, 0.25) is 0 Å². The van der Waals surface area contributed by atoms with Gasteiger partial charge in [-0.2, -0.15) is 5.10 Å². The van der Waals surface area contributed by atoms with Crippen LogP contribution in [0.4, 0.5) is 0 Å². The molecule has 0 fully saturated rings. The first kappa shape index (κ1) is 16.2. The standard InChI is InChI=1S/C17H24BrN3/c1-4-16-11-17(21(3)20-16)10-14(12-19-5-2)13-6-8-15(18)9-7-13/h6-9,11,14,19H,4-5,10,12H2,1-3H3. The summed E-state index contributed by atoms with van der Waals surface area (Å²) in [5.41, 5.74) is 3.85. The molecule has 114 valence electrons. The maximum absolute atomic E-state index is 4.56. The second-order valence-corrected chi connectivity index (χ2v) is 6.28. The molecule has 2 rings (SSSR count). The second-order valence-electron chi connectivity index (χ2n) is 5.36. The Hall–Kier alpha value is -1.13. The zero-order valence-electron chi connectivity index (χ0n) is 13.1. The van der Waals surface area contributed by atoms with E-state index >= 15 is 0 Å².